The third kappa shape index (κ3) is 5.24. The molecule has 6 rings (SSSR count). The number of ether oxygens (including phenoxy) is 3. The SMILES string of the molecule is COC[C@H]1O[C@@H](n2cnc3c(=O)[nH]c(N)nc32)[C@@H](O)[C@H]1OP(=O)(O)OC[C@H]1O[C@@H](n2cnc3c(N)ncnc32)[C@@H](F)[C@H]1O. The number of nitrogens with one attached hydrogen (secondary N) is 1. The molecule has 0 aliphatic carbocycles. The van der Waals surface area contributed by atoms with Crippen molar-refractivity contribution in [1.29, 1.82) is 0 Å². The Kier molecular flexibility index (Phi) is 7.61. The summed E-state index contributed by atoms with van der Waals surface area (Å²) in [6, 6.07) is 0. The molecule has 2 fully saturated rings. The van der Waals surface area contributed by atoms with E-state index in [4.69, 9.17) is 34.7 Å². The number of alkyl halides is 1. The molecule has 2 aliphatic heterocycles. The first-order valence-corrected chi connectivity index (χ1v) is 14.1. The lowest BCUT2D eigenvalue weighted by Gasteiger charge is -2.24. The summed E-state index contributed by atoms with van der Waals surface area (Å²) in [6.45, 7) is -0.973. The number of aliphatic hydroxyl groups is 2. The van der Waals surface area contributed by atoms with Crippen LogP contribution >= 0.6 is 7.82 Å². The number of nitrogens with two attached hydrogens (primary N) is 2. The van der Waals surface area contributed by atoms with Crippen LogP contribution in [0.1, 0.15) is 12.5 Å². The van der Waals surface area contributed by atoms with Gasteiger partial charge in [-0.1, -0.05) is 0 Å². The number of methoxy groups -OCH3 is 1. The number of fused-ring (bicyclic) bond motifs is 2. The highest BCUT2D eigenvalue weighted by Gasteiger charge is 2.51. The van der Waals surface area contributed by atoms with Crippen molar-refractivity contribution in [3.63, 3.8) is 0 Å². The Hall–Kier alpha value is -3.66. The number of imidazole rings is 2. The minimum Gasteiger partial charge on any atom is -0.387 e. The van der Waals surface area contributed by atoms with Gasteiger partial charge in [-0.25, -0.2) is 28.9 Å². The zero-order valence-electron chi connectivity index (χ0n) is 22.1. The Morgan fingerprint density at radius 2 is 1.72 bits per heavy atom. The predicted octanol–water partition coefficient (Wildman–Crippen LogP) is -1.87. The molecule has 22 heteroatoms. The minimum atomic E-state index is -5.01. The average molecular weight is 628 g/mol. The Labute approximate surface area is 239 Å². The van der Waals surface area contributed by atoms with Gasteiger partial charge in [-0.2, -0.15) is 4.98 Å². The number of H-pyrrole nitrogens is 1. The highest BCUT2D eigenvalue weighted by atomic mass is 31.2. The molecule has 6 heterocycles. The lowest BCUT2D eigenvalue weighted by atomic mass is 10.1. The van der Waals surface area contributed by atoms with E-state index in [1.54, 1.807) is 0 Å². The number of aromatic nitrogens is 8. The first kappa shape index (κ1) is 29.4. The van der Waals surface area contributed by atoms with Gasteiger partial charge in [0.05, 0.1) is 25.9 Å². The maximum atomic E-state index is 15.1. The summed E-state index contributed by atoms with van der Waals surface area (Å²) in [5.74, 6) is -0.160. The fourth-order valence-corrected chi connectivity index (χ4v) is 5.94. The molecule has 2 aliphatic rings. The van der Waals surface area contributed by atoms with E-state index in [0.717, 1.165) is 6.33 Å². The summed E-state index contributed by atoms with van der Waals surface area (Å²) in [5, 5.41) is 21.5. The van der Waals surface area contributed by atoms with Crippen LogP contribution in [-0.2, 0) is 27.8 Å². The predicted molar refractivity (Wildman–Crippen MR) is 140 cm³/mol. The second kappa shape index (κ2) is 11.1. The van der Waals surface area contributed by atoms with E-state index in [0.29, 0.717) is 0 Å². The molecule has 8 N–H and O–H groups in total. The third-order valence-electron chi connectivity index (χ3n) is 6.98. The standard InChI is InChI=1S/C21H26FN10O10P/c1-38-2-8-14(13(34)20(41-8)32-6-28-11-17(32)29-21(24)30-18(11)35)42-43(36,37)39-3-7-12(33)9(22)19(40-7)31-5-27-10-15(23)25-4-26-16(10)31/h4-9,12-14,19-20,33-34H,2-3H2,1H3,(H,36,37)(H2,23,25,26)(H3,24,29,30,35)/t7-,8-,9+,12+,13+,14+,19-,20-/m1/s1. The maximum absolute atomic E-state index is 15.1. The summed E-state index contributed by atoms with van der Waals surface area (Å²) >= 11 is 0. The van der Waals surface area contributed by atoms with Crippen LogP contribution in [-0.4, -0.2) is 111 Å². The molecule has 4 aromatic rings. The first-order chi connectivity index (χ1) is 20.5. The number of nitrogens with zero attached hydrogens (tertiary/aromatic N) is 7. The van der Waals surface area contributed by atoms with E-state index in [-0.39, 0.29) is 40.7 Å². The van der Waals surface area contributed by atoms with Gasteiger partial charge >= 0.3 is 7.82 Å². The Bertz CT molecular complexity index is 1750. The molecule has 4 aromatic heterocycles. The van der Waals surface area contributed by atoms with Crippen molar-refractivity contribution in [2.45, 2.75) is 49.1 Å². The summed E-state index contributed by atoms with van der Waals surface area (Å²) in [6.07, 6.45) is -8.60. The molecule has 0 spiro atoms. The lowest BCUT2D eigenvalue weighted by Crippen LogP contribution is -2.36. The second-order valence-electron chi connectivity index (χ2n) is 9.70. The number of aliphatic hydroxyl groups excluding tert-OH is 2. The normalized spacial score (nSPS) is 30.8. The van der Waals surface area contributed by atoms with Gasteiger partial charge < -0.3 is 40.8 Å². The van der Waals surface area contributed by atoms with Crippen molar-refractivity contribution in [3.05, 3.63) is 29.3 Å². The molecule has 0 amide bonds. The van der Waals surface area contributed by atoms with Gasteiger partial charge in [0.25, 0.3) is 5.56 Å². The van der Waals surface area contributed by atoms with Gasteiger partial charge in [0, 0.05) is 7.11 Å². The quantitative estimate of drug-likeness (QED) is 0.111. The largest absolute Gasteiger partial charge is 0.472 e. The number of phosphoric acid groups is 1. The third-order valence-corrected chi connectivity index (χ3v) is 7.96. The van der Waals surface area contributed by atoms with Crippen molar-refractivity contribution < 1.29 is 47.3 Å². The Balaban J connectivity index is 1.16. The molecule has 1 unspecified atom stereocenters. The van der Waals surface area contributed by atoms with E-state index >= 15 is 4.39 Å². The zero-order chi connectivity index (χ0) is 30.6. The van der Waals surface area contributed by atoms with Crippen molar-refractivity contribution in [1.82, 2.24) is 39.0 Å². The van der Waals surface area contributed by atoms with Crippen LogP contribution in [0.3, 0.4) is 0 Å². The summed E-state index contributed by atoms with van der Waals surface area (Å²) in [7, 11) is -3.68. The number of halogens is 1. The maximum Gasteiger partial charge on any atom is 0.472 e. The Morgan fingerprint density at radius 3 is 2.47 bits per heavy atom. The number of hydrogen-bond acceptors (Lipinski definition) is 16. The van der Waals surface area contributed by atoms with Gasteiger partial charge in [-0.3, -0.25) is 28.0 Å². The summed E-state index contributed by atoms with van der Waals surface area (Å²) in [5.41, 5.74) is 11.0. The fraction of sp³-hybridized carbons (Fsp3) is 0.524. The van der Waals surface area contributed by atoms with Crippen LogP contribution in [0, 0.1) is 0 Å². The number of aromatic amines is 1. The van der Waals surface area contributed by atoms with E-state index in [2.05, 4.69) is 29.9 Å². The molecular weight excluding hydrogens is 602 g/mol. The van der Waals surface area contributed by atoms with Crippen LogP contribution in [0.15, 0.2) is 23.8 Å². The number of phosphoric ester groups is 1. The van der Waals surface area contributed by atoms with Gasteiger partial charge in [0.1, 0.15) is 42.4 Å². The molecule has 43 heavy (non-hydrogen) atoms. The smallest absolute Gasteiger partial charge is 0.387 e. The van der Waals surface area contributed by atoms with Gasteiger partial charge in [-0.05, 0) is 0 Å². The molecule has 0 bridgehead atoms. The highest BCUT2D eigenvalue weighted by Crippen LogP contribution is 2.49. The van der Waals surface area contributed by atoms with E-state index in [1.165, 1.54) is 28.9 Å². The topological polar surface area (TPSA) is 283 Å². The summed E-state index contributed by atoms with van der Waals surface area (Å²) in [4.78, 5) is 44.8. The minimum absolute atomic E-state index is 0.0203. The van der Waals surface area contributed by atoms with E-state index < -0.39 is 69.1 Å². The van der Waals surface area contributed by atoms with Gasteiger partial charge in [0.15, 0.2) is 41.3 Å². The lowest BCUT2D eigenvalue weighted by molar-refractivity contribution is -0.0615. The van der Waals surface area contributed by atoms with E-state index in [9.17, 15) is 24.5 Å². The molecule has 9 atom stereocenters. The van der Waals surface area contributed by atoms with Crippen LogP contribution in [0.25, 0.3) is 22.3 Å². The first-order valence-electron chi connectivity index (χ1n) is 12.6. The van der Waals surface area contributed by atoms with E-state index in [1.807, 2.05) is 0 Å². The van der Waals surface area contributed by atoms with Gasteiger partial charge in [-0.15, -0.1) is 0 Å². The van der Waals surface area contributed by atoms with Crippen LogP contribution < -0.4 is 17.0 Å². The number of nitrogen functional groups attached to an aromatic ring is 2. The molecule has 20 nitrogen and oxygen atoms in total. The Morgan fingerprint density at radius 1 is 1.02 bits per heavy atom. The molecular formula is C21H26FN10O10P. The van der Waals surface area contributed by atoms with Crippen LogP contribution in [0.2, 0.25) is 0 Å². The monoisotopic (exact) mass is 628 g/mol. The number of hydrogen-bond donors (Lipinski definition) is 6. The van der Waals surface area contributed by atoms with Crippen molar-refractivity contribution in [2.75, 3.05) is 31.8 Å². The van der Waals surface area contributed by atoms with Crippen molar-refractivity contribution in [2.24, 2.45) is 0 Å². The molecule has 232 valence electrons. The van der Waals surface area contributed by atoms with Crippen LogP contribution in [0.4, 0.5) is 16.2 Å². The summed E-state index contributed by atoms with van der Waals surface area (Å²) < 4.78 is 57.2. The highest BCUT2D eigenvalue weighted by molar-refractivity contribution is 7.47. The number of anilines is 2. The zero-order valence-corrected chi connectivity index (χ0v) is 23.0. The molecule has 0 aromatic carbocycles. The van der Waals surface area contributed by atoms with Crippen molar-refractivity contribution in [3.8, 4) is 0 Å². The fourth-order valence-electron chi connectivity index (χ4n) is 4.98. The molecule has 2 saturated heterocycles. The van der Waals surface area contributed by atoms with Crippen LogP contribution in [0.5, 0.6) is 0 Å². The second-order valence-corrected chi connectivity index (χ2v) is 11.1. The average Bonchev–Trinajstić information content (AvgIpc) is 3.71. The van der Waals surface area contributed by atoms with Gasteiger partial charge in [0.2, 0.25) is 5.95 Å². The molecule has 0 saturated carbocycles. The number of rotatable bonds is 9. The molecule has 0 radical (unpaired) electrons. The van der Waals surface area contributed by atoms with Crippen molar-refractivity contribution >= 4 is 41.9 Å².